The van der Waals surface area contributed by atoms with Crippen LogP contribution in [0.15, 0.2) is 27.6 Å². The maximum atomic E-state index is 11.4. The van der Waals surface area contributed by atoms with Gasteiger partial charge in [0.1, 0.15) is 0 Å². The zero-order valence-corrected chi connectivity index (χ0v) is 12.7. The van der Waals surface area contributed by atoms with Crippen LogP contribution in [0.3, 0.4) is 0 Å². The van der Waals surface area contributed by atoms with Crippen LogP contribution in [0, 0.1) is 0 Å². The molecule has 7 nitrogen and oxygen atoms in total. The summed E-state index contributed by atoms with van der Waals surface area (Å²) < 4.78 is 6.86. The zero-order valence-electron chi connectivity index (χ0n) is 12.7. The summed E-state index contributed by atoms with van der Waals surface area (Å²) in [4.78, 5) is 29.0. The topological polar surface area (TPSA) is 81.2 Å². The lowest BCUT2D eigenvalue weighted by atomic mass is 9.97. The Morgan fingerprint density at radius 3 is 2.68 bits per heavy atom. The highest BCUT2D eigenvalue weighted by Gasteiger charge is 2.26. The molecule has 1 saturated heterocycles. The van der Waals surface area contributed by atoms with E-state index in [1.54, 1.807) is 26.2 Å². The first kappa shape index (κ1) is 14.5. The Morgan fingerprint density at radius 1 is 1.32 bits per heavy atom. The third-order valence-electron chi connectivity index (χ3n) is 4.08. The quantitative estimate of drug-likeness (QED) is 0.831. The first-order valence-electron chi connectivity index (χ1n) is 7.31. The summed E-state index contributed by atoms with van der Waals surface area (Å²) in [6, 6.07) is 3.17. The number of amides is 1. The minimum absolute atomic E-state index is 0.0796. The zero-order chi connectivity index (χ0) is 15.7. The molecule has 3 rings (SSSR count). The van der Waals surface area contributed by atoms with Crippen molar-refractivity contribution in [2.24, 2.45) is 7.05 Å². The number of carbonyl (C=O) groups is 1. The van der Waals surface area contributed by atoms with E-state index < -0.39 is 0 Å². The van der Waals surface area contributed by atoms with Gasteiger partial charge >= 0.3 is 0 Å². The third kappa shape index (κ3) is 2.79. The molecule has 0 atom stereocenters. The predicted octanol–water partition coefficient (Wildman–Crippen LogP) is 1.16. The molecule has 1 fully saturated rings. The molecule has 1 aliphatic rings. The van der Waals surface area contributed by atoms with E-state index >= 15 is 0 Å². The summed E-state index contributed by atoms with van der Waals surface area (Å²) in [5.41, 5.74) is 0.669. The maximum Gasteiger partial charge on any atom is 0.250 e. The first-order chi connectivity index (χ1) is 10.5. The lowest BCUT2D eigenvalue weighted by molar-refractivity contribution is -0.129. The van der Waals surface area contributed by atoms with Gasteiger partial charge in [0, 0.05) is 50.8 Å². The molecule has 116 valence electrons. The summed E-state index contributed by atoms with van der Waals surface area (Å²) in [5, 5.41) is 4.00. The van der Waals surface area contributed by atoms with Crippen molar-refractivity contribution in [2.45, 2.75) is 25.7 Å². The lowest BCUT2D eigenvalue weighted by Gasteiger charge is -2.29. The minimum Gasteiger partial charge on any atom is -0.343 e. The van der Waals surface area contributed by atoms with Gasteiger partial charge in [-0.15, -0.1) is 0 Å². The van der Waals surface area contributed by atoms with Crippen LogP contribution >= 0.6 is 0 Å². The number of likely N-dealkylation sites (tertiary alicyclic amines) is 1. The third-order valence-corrected chi connectivity index (χ3v) is 4.08. The summed E-state index contributed by atoms with van der Waals surface area (Å²) in [6.07, 6.45) is 3.35. The van der Waals surface area contributed by atoms with Crippen molar-refractivity contribution >= 4 is 5.91 Å². The summed E-state index contributed by atoms with van der Waals surface area (Å²) in [6.45, 7) is 3.03. The van der Waals surface area contributed by atoms with Crippen LogP contribution in [0.4, 0.5) is 0 Å². The average molecular weight is 302 g/mol. The second kappa shape index (κ2) is 5.75. The molecule has 0 aromatic carbocycles. The van der Waals surface area contributed by atoms with Crippen molar-refractivity contribution < 1.29 is 9.32 Å². The second-order valence-electron chi connectivity index (χ2n) is 5.60. The van der Waals surface area contributed by atoms with E-state index in [0.29, 0.717) is 11.7 Å². The summed E-state index contributed by atoms with van der Waals surface area (Å²) in [7, 11) is 1.68. The van der Waals surface area contributed by atoms with Crippen LogP contribution < -0.4 is 5.56 Å². The number of rotatable bonds is 2. The van der Waals surface area contributed by atoms with E-state index in [9.17, 15) is 9.59 Å². The van der Waals surface area contributed by atoms with Crippen molar-refractivity contribution in [3.8, 4) is 11.4 Å². The molecule has 0 unspecified atom stereocenters. The molecule has 7 heteroatoms. The molecule has 22 heavy (non-hydrogen) atoms. The smallest absolute Gasteiger partial charge is 0.250 e. The van der Waals surface area contributed by atoms with Gasteiger partial charge in [-0.1, -0.05) is 5.16 Å². The van der Waals surface area contributed by atoms with Crippen LogP contribution in [0.1, 0.15) is 31.6 Å². The van der Waals surface area contributed by atoms with Crippen molar-refractivity contribution in [2.75, 3.05) is 13.1 Å². The molecule has 0 bridgehead atoms. The lowest BCUT2D eigenvalue weighted by Crippen LogP contribution is -2.36. The van der Waals surface area contributed by atoms with Crippen molar-refractivity contribution in [1.82, 2.24) is 19.6 Å². The Balaban J connectivity index is 1.75. The SMILES string of the molecule is CC(=O)N1CCC(c2nc(-c3ccc(=O)n(C)c3)no2)CC1. The standard InChI is InChI=1S/C15H18N4O3/c1-10(20)19-7-5-11(6-8-19)15-16-14(17-22-15)12-3-4-13(21)18(2)9-12/h3-4,9,11H,5-8H2,1-2H3. The molecule has 0 aliphatic carbocycles. The fourth-order valence-electron chi connectivity index (χ4n) is 2.69. The van der Waals surface area contributed by atoms with Gasteiger partial charge in [-0.2, -0.15) is 4.98 Å². The Morgan fingerprint density at radius 2 is 2.05 bits per heavy atom. The van der Waals surface area contributed by atoms with E-state index in [1.807, 2.05) is 4.90 Å². The Kier molecular flexibility index (Phi) is 3.79. The molecule has 1 amide bonds. The number of nitrogens with zero attached hydrogens (tertiary/aromatic N) is 4. The van der Waals surface area contributed by atoms with Crippen molar-refractivity contribution in [3.63, 3.8) is 0 Å². The normalized spacial score (nSPS) is 16.0. The summed E-state index contributed by atoms with van der Waals surface area (Å²) >= 11 is 0. The van der Waals surface area contributed by atoms with Gasteiger partial charge < -0.3 is 14.0 Å². The summed E-state index contributed by atoms with van der Waals surface area (Å²) in [5.74, 6) is 1.38. The van der Waals surface area contributed by atoms with Crippen LogP contribution in [0.5, 0.6) is 0 Å². The highest BCUT2D eigenvalue weighted by Crippen LogP contribution is 2.28. The number of aryl methyl sites for hydroxylation is 1. The molecule has 2 aromatic heterocycles. The van der Waals surface area contributed by atoms with Gasteiger partial charge in [-0.25, -0.2) is 0 Å². The van der Waals surface area contributed by atoms with Gasteiger partial charge in [-0.3, -0.25) is 9.59 Å². The number of pyridine rings is 1. The van der Waals surface area contributed by atoms with Crippen LogP contribution in [-0.2, 0) is 11.8 Å². The first-order valence-corrected chi connectivity index (χ1v) is 7.31. The Hall–Kier alpha value is -2.44. The van der Waals surface area contributed by atoms with Gasteiger partial charge in [0.05, 0.1) is 0 Å². The van der Waals surface area contributed by atoms with Gasteiger partial charge in [0.2, 0.25) is 23.2 Å². The van der Waals surface area contributed by atoms with Gasteiger partial charge in [0.15, 0.2) is 0 Å². The molecule has 0 N–H and O–H groups in total. The largest absolute Gasteiger partial charge is 0.343 e. The molecular weight excluding hydrogens is 284 g/mol. The molecule has 2 aromatic rings. The van der Waals surface area contributed by atoms with Gasteiger partial charge in [0.25, 0.3) is 0 Å². The molecule has 0 spiro atoms. The molecular formula is C15H18N4O3. The predicted molar refractivity (Wildman–Crippen MR) is 79.2 cm³/mol. The Labute approximate surface area is 127 Å². The van der Waals surface area contributed by atoms with Crippen molar-refractivity contribution in [1.29, 1.82) is 0 Å². The number of carbonyl (C=O) groups excluding carboxylic acids is 1. The average Bonchev–Trinajstić information content (AvgIpc) is 3.00. The number of aromatic nitrogens is 3. The maximum absolute atomic E-state index is 11.4. The van der Waals surface area contributed by atoms with E-state index in [1.165, 1.54) is 10.6 Å². The highest BCUT2D eigenvalue weighted by molar-refractivity contribution is 5.73. The Bertz CT molecular complexity index is 741. The number of hydrogen-bond donors (Lipinski definition) is 0. The molecule has 0 saturated carbocycles. The van der Waals surface area contributed by atoms with E-state index in [0.717, 1.165) is 31.5 Å². The second-order valence-corrected chi connectivity index (χ2v) is 5.60. The van der Waals surface area contributed by atoms with E-state index in [-0.39, 0.29) is 17.4 Å². The van der Waals surface area contributed by atoms with Crippen LogP contribution in [0.25, 0.3) is 11.4 Å². The van der Waals surface area contributed by atoms with Crippen LogP contribution in [0.2, 0.25) is 0 Å². The highest BCUT2D eigenvalue weighted by atomic mass is 16.5. The fraction of sp³-hybridized carbons (Fsp3) is 0.467. The van der Waals surface area contributed by atoms with Crippen molar-refractivity contribution in [3.05, 3.63) is 34.6 Å². The molecule has 1 aliphatic heterocycles. The molecule has 3 heterocycles. The number of piperidine rings is 1. The number of hydrogen-bond acceptors (Lipinski definition) is 5. The minimum atomic E-state index is -0.0796. The van der Waals surface area contributed by atoms with E-state index in [2.05, 4.69) is 10.1 Å². The van der Waals surface area contributed by atoms with Crippen LogP contribution in [-0.4, -0.2) is 38.6 Å². The monoisotopic (exact) mass is 302 g/mol. The van der Waals surface area contributed by atoms with E-state index in [4.69, 9.17) is 4.52 Å². The van der Waals surface area contributed by atoms with Gasteiger partial charge in [-0.05, 0) is 18.9 Å². The molecule has 0 radical (unpaired) electrons. The fourth-order valence-corrected chi connectivity index (χ4v) is 2.69.